The molecule has 0 atom stereocenters. The summed E-state index contributed by atoms with van der Waals surface area (Å²) in [4.78, 5) is 4.08. The summed E-state index contributed by atoms with van der Waals surface area (Å²) in [6.07, 6.45) is 4.51. The van der Waals surface area contributed by atoms with Crippen LogP contribution in [0.3, 0.4) is 0 Å². The lowest BCUT2D eigenvalue weighted by Crippen LogP contribution is -2.38. The Balaban J connectivity index is 0.00000484. The van der Waals surface area contributed by atoms with Gasteiger partial charge in [-0.2, -0.15) is 13.2 Å². The SMILES string of the molecule is CN=C(NCCCOCC(F)(F)F)NCCC1=CCCCC1.I. The van der Waals surface area contributed by atoms with Crippen molar-refractivity contribution in [1.82, 2.24) is 10.6 Å². The quantitative estimate of drug-likeness (QED) is 0.196. The molecule has 0 aromatic rings. The van der Waals surface area contributed by atoms with Crippen LogP contribution in [0.5, 0.6) is 0 Å². The van der Waals surface area contributed by atoms with Gasteiger partial charge in [-0.1, -0.05) is 11.6 Å². The van der Waals surface area contributed by atoms with Gasteiger partial charge < -0.3 is 15.4 Å². The Morgan fingerprint density at radius 1 is 1.26 bits per heavy atom. The molecular formula is C15H27F3IN3O. The summed E-state index contributed by atoms with van der Waals surface area (Å²) in [6.45, 7) is 0.238. The van der Waals surface area contributed by atoms with Gasteiger partial charge in [-0.3, -0.25) is 4.99 Å². The third-order valence-electron chi connectivity index (χ3n) is 3.37. The Labute approximate surface area is 153 Å². The lowest BCUT2D eigenvalue weighted by molar-refractivity contribution is -0.173. The highest BCUT2D eigenvalue weighted by Crippen LogP contribution is 2.19. The van der Waals surface area contributed by atoms with Crippen molar-refractivity contribution >= 4 is 29.9 Å². The van der Waals surface area contributed by atoms with Crippen molar-refractivity contribution < 1.29 is 17.9 Å². The minimum absolute atomic E-state index is 0. The molecule has 23 heavy (non-hydrogen) atoms. The van der Waals surface area contributed by atoms with E-state index in [0.717, 1.165) is 13.0 Å². The molecule has 0 amide bonds. The summed E-state index contributed by atoms with van der Waals surface area (Å²) in [5, 5.41) is 6.27. The molecule has 0 radical (unpaired) electrons. The van der Waals surface area contributed by atoms with Gasteiger partial charge in [0, 0.05) is 26.7 Å². The molecule has 1 aliphatic carbocycles. The Bertz CT molecular complexity index is 373. The molecule has 0 aromatic carbocycles. The molecule has 8 heteroatoms. The second kappa shape index (κ2) is 12.9. The van der Waals surface area contributed by atoms with Gasteiger partial charge in [0.05, 0.1) is 0 Å². The molecule has 1 aliphatic rings. The van der Waals surface area contributed by atoms with E-state index in [4.69, 9.17) is 0 Å². The highest BCUT2D eigenvalue weighted by atomic mass is 127. The number of halogens is 4. The summed E-state index contributed by atoms with van der Waals surface area (Å²) in [6, 6.07) is 0. The molecule has 0 spiro atoms. The van der Waals surface area contributed by atoms with Crippen LogP contribution >= 0.6 is 24.0 Å². The van der Waals surface area contributed by atoms with E-state index < -0.39 is 12.8 Å². The van der Waals surface area contributed by atoms with Crippen LogP contribution in [-0.2, 0) is 4.74 Å². The molecular weight excluding hydrogens is 422 g/mol. The van der Waals surface area contributed by atoms with Gasteiger partial charge in [0.1, 0.15) is 6.61 Å². The Morgan fingerprint density at radius 2 is 2.00 bits per heavy atom. The van der Waals surface area contributed by atoms with E-state index in [9.17, 15) is 13.2 Å². The zero-order valence-electron chi connectivity index (χ0n) is 13.5. The number of nitrogens with one attached hydrogen (secondary N) is 2. The minimum atomic E-state index is -4.25. The maximum Gasteiger partial charge on any atom is 0.411 e. The van der Waals surface area contributed by atoms with Crippen molar-refractivity contribution in [2.45, 2.75) is 44.7 Å². The predicted octanol–water partition coefficient (Wildman–Crippen LogP) is 3.63. The smallest absolute Gasteiger partial charge is 0.372 e. The number of hydrogen-bond donors (Lipinski definition) is 2. The average Bonchev–Trinajstić information content (AvgIpc) is 2.49. The number of hydrogen-bond acceptors (Lipinski definition) is 2. The molecule has 0 bridgehead atoms. The van der Waals surface area contributed by atoms with Gasteiger partial charge in [-0.25, -0.2) is 0 Å². The summed E-state index contributed by atoms with van der Waals surface area (Å²) in [7, 11) is 1.68. The molecule has 0 aliphatic heterocycles. The first-order chi connectivity index (χ1) is 10.5. The van der Waals surface area contributed by atoms with E-state index in [-0.39, 0.29) is 30.6 Å². The monoisotopic (exact) mass is 449 g/mol. The van der Waals surface area contributed by atoms with Gasteiger partial charge in [0.2, 0.25) is 0 Å². The van der Waals surface area contributed by atoms with Crippen LogP contribution in [0, 0.1) is 0 Å². The normalized spacial score (nSPS) is 15.7. The largest absolute Gasteiger partial charge is 0.411 e. The summed E-state index contributed by atoms with van der Waals surface area (Å²) < 4.78 is 40.1. The molecule has 4 nitrogen and oxygen atoms in total. The van der Waals surface area contributed by atoms with Gasteiger partial charge in [0.25, 0.3) is 0 Å². The lowest BCUT2D eigenvalue weighted by atomic mass is 9.97. The van der Waals surface area contributed by atoms with Crippen LogP contribution in [0.1, 0.15) is 38.5 Å². The van der Waals surface area contributed by atoms with E-state index in [2.05, 4.69) is 26.4 Å². The minimum Gasteiger partial charge on any atom is -0.372 e. The molecule has 2 N–H and O–H groups in total. The second-order valence-electron chi connectivity index (χ2n) is 5.31. The highest BCUT2D eigenvalue weighted by molar-refractivity contribution is 14.0. The van der Waals surface area contributed by atoms with Crippen molar-refractivity contribution in [3.63, 3.8) is 0 Å². The Kier molecular flexibility index (Phi) is 12.6. The fourth-order valence-corrected chi connectivity index (χ4v) is 2.26. The van der Waals surface area contributed by atoms with E-state index in [1.165, 1.54) is 31.3 Å². The standard InChI is InChI=1S/C15H26F3N3O.HI/c1-19-14(20-9-5-11-22-12-15(16,17)18)21-10-8-13-6-3-2-4-7-13;/h6H,2-5,7-12H2,1H3,(H2,19,20,21);1H. The van der Waals surface area contributed by atoms with Crippen LogP contribution in [0.2, 0.25) is 0 Å². The van der Waals surface area contributed by atoms with Crippen molar-refractivity contribution in [3.05, 3.63) is 11.6 Å². The van der Waals surface area contributed by atoms with Gasteiger partial charge in [-0.15, -0.1) is 24.0 Å². The molecule has 0 saturated heterocycles. The van der Waals surface area contributed by atoms with Crippen LogP contribution in [0.4, 0.5) is 13.2 Å². The first kappa shape index (κ1) is 22.5. The van der Waals surface area contributed by atoms with Crippen LogP contribution < -0.4 is 10.6 Å². The topological polar surface area (TPSA) is 45.7 Å². The summed E-state index contributed by atoms with van der Waals surface area (Å²) in [5.74, 6) is 0.673. The van der Waals surface area contributed by atoms with Gasteiger partial charge in [-0.05, 0) is 38.5 Å². The molecule has 0 saturated carbocycles. The lowest BCUT2D eigenvalue weighted by Gasteiger charge is -2.15. The molecule has 1 rings (SSSR count). The molecule has 0 heterocycles. The van der Waals surface area contributed by atoms with Crippen molar-refractivity contribution in [2.75, 3.05) is 33.4 Å². The number of guanidine groups is 1. The number of allylic oxidation sites excluding steroid dienone is 1. The first-order valence-electron chi connectivity index (χ1n) is 7.78. The maximum atomic E-state index is 11.9. The highest BCUT2D eigenvalue weighted by Gasteiger charge is 2.27. The molecule has 0 fully saturated rings. The third-order valence-corrected chi connectivity index (χ3v) is 3.37. The predicted molar refractivity (Wildman–Crippen MR) is 97.4 cm³/mol. The summed E-state index contributed by atoms with van der Waals surface area (Å²) in [5.41, 5.74) is 1.50. The van der Waals surface area contributed by atoms with Crippen molar-refractivity contribution in [2.24, 2.45) is 4.99 Å². The van der Waals surface area contributed by atoms with Crippen LogP contribution in [-0.4, -0.2) is 45.5 Å². The Hall–Kier alpha value is -0.510. The van der Waals surface area contributed by atoms with E-state index >= 15 is 0 Å². The number of ether oxygens (including phenoxy) is 1. The van der Waals surface area contributed by atoms with Crippen molar-refractivity contribution in [3.8, 4) is 0 Å². The number of alkyl halides is 3. The number of rotatable bonds is 8. The van der Waals surface area contributed by atoms with Crippen LogP contribution in [0.25, 0.3) is 0 Å². The molecule has 0 unspecified atom stereocenters. The van der Waals surface area contributed by atoms with Gasteiger partial charge >= 0.3 is 6.18 Å². The van der Waals surface area contributed by atoms with Crippen LogP contribution in [0.15, 0.2) is 16.6 Å². The number of aliphatic imine (C=N–C) groups is 1. The molecule has 136 valence electrons. The average molecular weight is 449 g/mol. The molecule has 0 aromatic heterocycles. The van der Waals surface area contributed by atoms with E-state index in [0.29, 0.717) is 18.9 Å². The van der Waals surface area contributed by atoms with E-state index in [1.807, 2.05) is 0 Å². The maximum absolute atomic E-state index is 11.9. The third kappa shape index (κ3) is 12.6. The Morgan fingerprint density at radius 3 is 2.61 bits per heavy atom. The first-order valence-corrected chi connectivity index (χ1v) is 7.78. The summed E-state index contributed by atoms with van der Waals surface area (Å²) >= 11 is 0. The fraction of sp³-hybridized carbons (Fsp3) is 0.800. The fourth-order valence-electron chi connectivity index (χ4n) is 2.26. The van der Waals surface area contributed by atoms with Gasteiger partial charge in [0.15, 0.2) is 5.96 Å². The zero-order chi connectivity index (χ0) is 16.3. The van der Waals surface area contributed by atoms with E-state index in [1.54, 1.807) is 7.05 Å². The number of nitrogens with zero attached hydrogens (tertiary/aromatic N) is 1. The second-order valence-corrected chi connectivity index (χ2v) is 5.31. The zero-order valence-corrected chi connectivity index (χ0v) is 15.9. The van der Waals surface area contributed by atoms with Crippen molar-refractivity contribution in [1.29, 1.82) is 0 Å².